The fraction of sp³-hybridized carbons (Fsp3) is 0. The average Bonchev–Trinajstić information content (AvgIpc) is 2.58. The molecule has 60 valence electrons. The molecule has 0 radical (unpaired) electrons. The van der Waals surface area contributed by atoms with Crippen LogP contribution in [0.2, 0.25) is 0 Å². The number of halogens is 1. The van der Waals surface area contributed by atoms with Gasteiger partial charge in [-0.25, -0.2) is 4.98 Å². The Hall–Kier alpha value is -0.840. The molecule has 2 heterocycles. The highest BCUT2D eigenvalue weighted by atomic mass is 127. The molecule has 0 aliphatic heterocycles. The third-order valence-electron chi connectivity index (χ3n) is 1.58. The topological polar surface area (TPSA) is 17.8 Å². The highest BCUT2D eigenvalue weighted by Gasteiger charge is 1.93. The van der Waals surface area contributed by atoms with Crippen LogP contribution in [0.4, 0.5) is 0 Å². The second-order valence-electron chi connectivity index (χ2n) is 2.42. The normalized spacial score (nSPS) is 10.1. The Morgan fingerprint density at radius 1 is 1.17 bits per heavy atom. The van der Waals surface area contributed by atoms with Crippen molar-refractivity contribution in [2.45, 2.75) is 0 Å². The molecule has 2 nitrogen and oxygen atoms in total. The summed E-state index contributed by atoms with van der Waals surface area (Å²) in [4.78, 5) is 4.28. The molecule has 2 rings (SSSR count). The smallest absolute Gasteiger partial charge is 0.136 e. The molecule has 0 aliphatic rings. The van der Waals surface area contributed by atoms with Crippen LogP contribution in [0.25, 0.3) is 5.82 Å². The lowest BCUT2D eigenvalue weighted by molar-refractivity contribution is 1.01. The fourth-order valence-electron chi connectivity index (χ4n) is 1.01. The van der Waals surface area contributed by atoms with Gasteiger partial charge in [-0.1, -0.05) is 0 Å². The van der Waals surface area contributed by atoms with Gasteiger partial charge in [0.1, 0.15) is 5.82 Å². The molecule has 3 heteroatoms. The number of hydrogen-bond acceptors (Lipinski definition) is 1. The first kappa shape index (κ1) is 7.79. The third kappa shape index (κ3) is 1.50. The summed E-state index contributed by atoms with van der Waals surface area (Å²) in [5, 5.41) is 0. The predicted molar refractivity (Wildman–Crippen MR) is 56.3 cm³/mol. The standard InChI is InChI=1S/C9H7IN2/c10-8-3-4-9(11-7-8)12-5-1-2-6-12/h1-7H. The summed E-state index contributed by atoms with van der Waals surface area (Å²) in [6.07, 6.45) is 5.82. The van der Waals surface area contributed by atoms with Crippen molar-refractivity contribution in [2.24, 2.45) is 0 Å². The van der Waals surface area contributed by atoms with Crippen LogP contribution in [0.1, 0.15) is 0 Å². The van der Waals surface area contributed by atoms with E-state index < -0.39 is 0 Å². The number of pyridine rings is 1. The summed E-state index contributed by atoms with van der Waals surface area (Å²) in [6.45, 7) is 0. The Morgan fingerprint density at radius 3 is 2.50 bits per heavy atom. The van der Waals surface area contributed by atoms with Crippen LogP contribution in [0, 0.1) is 3.57 Å². The summed E-state index contributed by atoms with van der Waals surface area (Å²) in [6, 6.07) is 8.02. The van der Waals surface area contributed by atoms with Crippen molar-refractivity contribution in [3.05, 3.63) is 46.4 Å². The summed E-state index contributed by atoms with van der Waals surface area (Å²) in [5.41, 5.74) is 0. The van der Waals surface area contributed by atoms with Crippen molar-refractivity contribution in [1.82, 2.24) is 9.55 Å². The van der Waals surface area contributed by atoms with Crippen molar-refractivity contribution in [3.63, 3.8) is 0 Å². The molecule has 0 atom stereocenters. The maximum Gasteiger partial charge on any atom is 0.136 e. The molecule has 0 bridgehead atoms. The predicted octanol–water partition coefficient (Wildman–Crippen LogP) is 2.48. The van der Waals surface area contributed by atoms with Crippen LogP contribution in [-0.2, 0) is 0 Å². The molecule has 0 saturated carbocycles. The van der Waals surface area contributed by atoms with Crippen molar-refractivity contribution in [1.29, 1.82) is 0 Å². The van der Waals surface area contributed by atoms with Gasteiger partial charge in [-0.3, -0.25) is 0 Å². The van der Waals surface area contributed by atoms with E-state index in [-0.39, 0.29) is 0 Å². The molecule has 2 aromatic heterocycles. The van der Waals surface area contributed by atoms with E-state index in [9.17, 15) is 0 Å². The second kappa shape index (κ2) is 3.26. The minimum atomic E-state index is 0.959. The molecule has 0 aromatic carbocycles. The van der Waals surface area contributed by atoms with E-state index in [0.717, 1.165) is 9.39 Å². The van der Waals surface area contributed by atoms with E-state index in [4.69, 9.17) is 0 Å². The van der Waals surface area contributed by atoms with Gasteiger partial charge in [-0.05, 0) is 46.9 Å². The SMILES string of the molecule is Ic1ccc(-n2cccc2)nc1. The van der Waals surface area contributed by atoms with Crippen molar-refractivity contribution in [2.75, 3.05) is 0 Å². The van der Waals surface area contributed by atoms with Crippen molar-refractivity contribution in [3.8, 4) is 5.82 Å². The number of nitrogens with zero attached hydrogens (tertiary/aromatic N) is 2. The summed E-state index contributed by atoms with van der Waals surface area (Å²) in [7, 11) is 0. The second-order valence-corrected chi connectivity index (χ2v) is 3.67. The zero-order valence-electron chi connectivity index (χ0n) is 6.31. The Bertz CT molecular complexity index is 351. The van der Waals surface area contributed by atoms with Crippen LogP contribution in [0.5, 0.6) is 0 Å². The van der Waals surface area contributed by atoms with E-state index in [1.807, 2.05) is 47.4 Å². The highest BCUT2D eigenvalue weighted by Crippen LogP contribution is 2.07. The molecule has 12 heavy (non-hydrogen) atoms. The summed E-state index contributed by atoms with van der Waals surface area (Å²) >= 11 is 2.24. The Balaban J connectivity index is 2.43. The van der Waals surface area contributed by atoms with Crippen LogP contribution < -0.4 is 0 Å². The van der Waals surface area contributed by atoms with Gasteiger partial charge in [0, 0.05) is 22.2 Å². The Labute approximate surface area is 84.4 Å². The summed E-state index contributed by atoms with van der Waals surface area (Å²) in [5.74, 6) is 0.959. The quantitative estimate of drug-likeness (QED) is 0.728. The van der Waals surface area contributed by atoms with E-state index >= 15 is 0 Å². The molecule has 0 unspecified atom stereocenters. The highest BCUT2D eigenvalue weighted by molar-refractivity contribution is 14.1. The van der Waals surface area contributed by atoms with Gasteiger partial charge >= 0.3 is 0 Å². The van der Waals surface area contributed by atoms with Gasteiger partial charge in [0.05, 0.1) is 0 Å². The van der Waals surface area contributed by atoms with Gasteiger partial charge in [-0.2, -0.15) is 0 Å². The van der Waals surface area contributed by atoms with Crippen molar-refractivity contribution < 1.29 is 0 Å². The third-order valence-corrected chi connectivity index (χ3v) is 2.22. The van der Waals surface area contributed by atoms with Gasteiger partial charge in [0.15, 0.2) is 0 Å². The van der Waals surface area contributed by atoms with Gasteiger partial charge in [-0.15, -0.1) is 0 Å². The molecule has 0 spiro atoms. The first-order valence-corrected chi connectivity index (χ1v) is 4.69. The number of rotatable bonds is 1. The Morgan fingerprint density at radius 2 is 1.92 bits per heavy atom. The fourth-order valence-corrected chi connectivity index (χ4v) is 1.33. The van der Waals surface area contributed by atoms with Gasteiger partial charge < -0.3 is 4.57 Å². The molecule has 0 fully saturated rings. The van der Waals surface area contributed by atoms with Crippen LogP contribution in [0.3, 0.4) is 0 Å². The minimum Gasteiger partial charge on any atom is -0.309 e. The maximum atomic E-state index is 4.28. The van der Waals surface area contributed by atoms with Crippen LogP contribution in [-0.4, -0.2) is 9.55 Å². The zero-order valence-corrected chi connectivity index (χ0v) is 8.47. The maximum absolute atomic E-state index is 4.28. The lowest BCUT2D eigenvalue weighted by Gasteiger charge is -1.99. The van der Waals surface area contributed by atoms with Gasteiger partial charge in [0.25, 0.3) is 0 Å². The van der Waals surface area contributed by atoms with Crippen molar-refractivity contribution >= 4 is 22.6 Å². The Kier molecular flexibility index (Phi) is 2.12. The lowest BCUT2D eigenvalue weighted by atomic mass is 10.5. The van der Waals surface area contributed by atoms with Crippen LogP contribution >= 0.6 is 22.6 Å². The largest absolute Gasteiger partial charge is 0.309 e. The van der Waals surface area contributed by atoms with Crippen LogP contribution in [0.15, 0.2) is 42.9 Å². The minimum absolute atomic E-state index is 0.959. The molecular formula is C9H7IN2. The molecule has 0 aliphatic carbocycles. The molecular weight excluding hydrogens is 263 g/mol. The molecule has 2 aromatic rings. The first-order valence-electron chi connectivity index (χ1n) is 3.61. The van der Waals surface area contributed by atoms with E-state index in [0.29, 0.717) is 0 Å². The number of hydrogen-bond donors (Lipinski definition) is 0. The average molecular weight is 270 g/mol. The van der Waals surface area contributed by atoms with E-state index in [2.05, 4.69) is 27.6 Å². The summed E-state index contributed by atoms with van der Waals surface area (Å²) < 4.78 is 3.14. The molecule has 0 amide bonds. The monoisotopic (exact) mass is 270 g/mol. The van der Waals surface area contributed by atoms with E-state index in [1.54, 1.807) is 0 Å². The molecule has 0 N–H and O–H groups in total. The lowest BCUT2D eigenvalue weighted by Crippen LogP contribution is -1.92. The number of aromatic nitrogens is 2. The molecule has 0 saturated heterocycles. The van der Waals surface area contributed by atoms with Gasteiger partial charge in [0.2, 0.25) is 0 Å². The zero-order chi connectivity index (χ0) is 8.39. The first-order chi connectivity index (χ1) is 5.86. The van der Waals surface area contributed by atoms with E-state index in [1.165, 1.54) is 0 Å².